The fraction of sp³-hybridized carbons (Fsp3) is 0.273. The van der Waals surface area contributed by atoms with Gasteiger partial charge in [-0.1, -0.05) is 11.6 Å². The van der Waals surface area contributed by atoms with Gasteiger partial charge in [0, 0.05) is 17.8 Å². The highest BCUT2D eigenvalue weighted by Gasteiger charge is 2.05. The molecule has 1 heterocycles. The second kappa shape index (κ2) is 5.65. The van der Waals surface area contributed by atoms with E-state index in [0.717, 1.165) is 17.7 Å². The Labute approximate surface area is 104 Å². The van der Waals surface area contributed by atoms with Crippen LogP contribution in [0.3, 0.4) is 0 Å². The molecule has 0 spiro atoms. The van der Waals surface area contributed by atoms with Crippen molar-refractivity contribution in [2.24, 2.45) is 0 Å². The van der Waals surface area contributed by atoms with Crippen LogP contribution in [0.25, 0.3) is 0 Å². The molecule has 0 aliphatic heterocycles. The number of anilines is 2. The molecule has 17 heavy (non-hydrogen) atoms. The summed E-state index contributed by atoms with van der Waals surface area (Å²) in [5.74, 6) is 0.672. The van der Waals surface area contributed by atoms with Gasteiger partial charge in [0.05, 0.1) is 12.8 Å². The van der Waals surface area contributed by atoms with E-state index in [-0.39, 0.29) is 0 Å². The minimum Gasteiger partial charge on any atom is -0.384 e. The zero-order valence-electron chi connectivity index (χ0n) is 9.40. The second-order valence-corrected chi connectivity index (χ2v) is 3.96. The van der Waals surface area contributed by atoms with Gasteiger partial charge in [-0.15, -0.1) is 5.10 Å². The van der Waals surface area contributed by atoms with E-state index in [1.54, 1.807) is 13.3 Å². The largest absolute Gasteiger partial charge is 0.384 e. The van der Waals surface area contributed by atoms with E-state index in [4.69, 9.17) is 16.3 Å². The van der Waals surface area contributed by atoms with Crippen molar-refractivity contribution >= 4 is 23.1 Å². The predicted octanol–water partition coefficient (Wildman–Crippen LogP) is 2.39. The molecule has 0 saturated heterocycles. The molecular weight excluding hydrogens is 240 g/mol. The summed E-state index contributed by atoms with van der Waals surface area (Å²) in [5.41, 5.74) is 2.04. The van der Waals surface area contributed by atoms with E-state index in [2.05, 4.69) is 20.7 Å². The predicted molar refractivity (Wildman–Crippen MR) is 66.7 cm³/mol. The van der Waals surface area contributed by atoms with Crippen molar-refractivity contribution in [1.82, 2.24) is 15.4 Å². The van der Waals surface area contributed by atoms with Crippen molar-refractivity contribution < 1.29 is 4.74 Å². The fourth-order valence-electron chi connectivity index (χ4n) is 1.50. The summed E-state index contributed by atoms with van der Waals surface area (Å²) in [7, 11) is 1.68. The molecule has 2 rings (SSSR count). The number of halogens is 1. The molecule has 2 aromatic rings. The molecule has 1 aromatic carbocycles. The Hall–Kier alpha value is -1.59. The van der Waals surface area contributed by atoms with Crippen LogP contribution < -0.4 is 5.32 Å². The first kappa shape index (κ1) is 11.9. The number of rotatable bonds is 5. The molecule has 90 valence electrons. The van der Waals surface area contributed by atoms with Crippen LogP contribution in [0.1, 0.15) is 5.56 Å². The molecule has 0 saturated carbocycles. The van der Waals surface area contributed by atoms with Gasteiger partial charge in [-0.05, 0) is 30.2 Å². The number of hydrogen-bond donors (Lipinski definition) is 2. The molecule has 0 radical (unpaired) electrons. The lowest BCUT2D eigenvalue weighted by atomic mass is 10.1. The van der Waals surface area contributed by atoms with E-state index in [1.807, 2.05) is 18.2 Å². The highest BCUT2D eigenvalue weighted by molar-refractivity contribution is 6.30. The van der Waals surface area contributed by atoms with Crippen molar-refractivity contribution in [1.29, 1.82) is 0 Å². The maximum Gasteiger partial charge on any atom is 0.172 e. The Bertz CT molecular complexity index is 472. The number of nitrogens with zero attached hydrogens (tertiary/aromatic N) is 2. The molecule has 0 unspecified atom stereocenters. The van der Waals surface area contributed by atoms with Crippen LogP contribution in [0.2, 0.25) is 5.02 Å². The first-order chi connectivity index (χ1) is 8.29. The van der Waals surface area contributed by atoms with Crippen LogP contribution in [-0.4, -0.2) is 29.1 Å². The highest BCUT2D eigenvalue weighted by Crippen LogP contribution is 2.23. The average Bonchev–Trinajstić information content (AvgIpc) is 2.82. The van der Waals surface area contributed by atoms with Crippen LogP contribution in [0.4, 0.5) is 11.5 Å². The maximum absolute atomic E-state index is 5.97. The van der Waals surface area contributed by atoms with Crippen molar-refractivity contribution in [3.05, 3.63) is 35.0 Å². The highest BCUT2D eigenvalue weighted by atomic mass is 35.5. The normalized spacial score (nSPS) is 10.5. The number of nitrogens with one attached hydrogen (secondary N) is 2. The van der Waals surface area contributed by atoms with Crippen molar-refractivity contribution in [3.63, 3.8) is 0 Å². The van der Waals surface area contributed by atoms with Crippen LogP contribution >= 0.6 is 11.6 Å². The zero-order chi connectivity index (χ0) is 12.1. The molecule has 5 nitrogen and oxygen atoms in total. The molecule has 0 atom stereocenters. The Morgan fingerprint density at radius 3 is 3.06 bits per heavy atom. The van der Waals surface area contributed by atoms with Crippen LogP contribution in [0.15, 0.2) is 24.4 Å². The third kappa shape index (κ3) is 3.18. The SMILES string of the molecule is COCCc1cc(Cl)ccc1Nc1cn[nH]n1. The summed E-state index contributed by atoms with van der Waals surface area (Å²) < 4.78 is 5.07. The Balaban J connectivity index is 2.19. The van der Waals surface area contributed by atoms with Gasteiger partial charge in [-0.3, -0.25) is 0 Å². The van der Waals surface area contributed by atoms with Gasteiger partial charge in [0.25, 0.3) is 0 Å². The topological polar surface area (TPSA) is 62.8 Å². The molecule has 0 aliphatic rings. The van der Waals surface area contributed by atoms with Gasteiger partial charge in [0.2, 0.25) is 0 Å². The van der Waals surface area contributed by atoms with E-state index < -0.39 is 0 Å². The Kier molecular flexibility index (Phi) is 3.95. The molecule has 0 aliphatic carbocycles. The van der Waals surface area contributed by atoms with Crippen LogP contribution in [-0.2, 0) is 11.2 Å². The summed E-state index contributed by atoms with van der Waals surface area (Å²) in [6, 6.07) is 5.67. The van der Waals surface area contributed by atoms with Gasteiger partial charge in [-0.25, -0.2) is 0 Å². The van der Waals surface area contributed by atoms with Gasteiger partial charge < -0.3 is 10.1 Å². The van der Waals surface area contributed by atoms with E-state index in [9.17, 15) is 0 Å². The minimum atomic E-state index is 0.647. The lowest BCUT2D eigenvalue weighted by molar-refractivity contribution is 0.202. The number of methoxy groups -OCH3 is 1. The maximum atomic E-state index is 5.97. The molecule has 6 heteroatoms. The molecule has 0 fully saturated rings. The van der Waals surface area contributed by atoms with Crippen LogP contribution in [0.5, 0.6) is 0 Å². The van der Waals surface area contributed by atoms with Gasteiger partial charge in [-0.2, -0.15) is 10.3 Å². The Morgan fingerprint density at radius 2 is 2.35 bits per heavy atom. The molecular formula is C11H13ClN4O. The van der Waals surface area contributed by atoms with E-state index in [0.29, 0.717) is 17.4 Å². The van der Waals surface area contributed by atoms with Gasteiger partial charge in [0.1, 0.15) is 0 Å². The summed E-state index contributed by atoms with van der Waals surface area (Å²) in [5, 5.41) is 14.1. The van der Waals surface area contributed by atoms with Crippen molar-refractivity contribution in [2.75, 3.05) is 19.0 Å². The standard InChI is InChI=1S/C11H13ClN4O/c1-17-5-4-8-6-9(12)2-3-10(8)14-11-7-13-16-15-11/h2-3,6-7H,4-5H2,1H3,(H2,13,14,15,16). The summed E-state index contributed by atoms with van der Waals surface area (Å²) in [6.45, 7) is 0.647. The van der Waals surface area contributed by atoms with Gasteiger partial charge >= 0.3 is 0 Å². The van der Waals surface area contributed by atoms with Crippen molar-refractivity contribution in [3.8, 4) is 0 Å². The van der Waals surface area contributed by atoms with E-state index in [1.165, 1.54) is 0 Å². The number of aromatic nitrogens is 3. The molecule has 1 aromatic heterocycles. The number of aromatic amines is 1. The summed E-state index contributed by atoms with van der Waals surface area (Å²) in [6.07, 6.45) is 2.41. The third-order valence-corrected chi connectivity index (χ3v) is 2.56. The number of benzene rings is 1. The number of H-pyrrole nitrogens is 1. The minimum absolute atomic E-state index is 0.647. The monoisotopic (exact) mass is 252 g/mol. The second-order valence-electron chi connectivity index (χ2n) is 3.52. The van der Waals surface area contributed by atoms with E-state index >= 15 is 0 Å². The fourth-order valence-corrected chi connectivity index (χ4v) is 1.70. The molecule has 0 amide bonds. The molecule has 0 bridgehead atoms. The van der Waals surface area contributed by atoms with Gasteiger partial charge in [0.15, 0.2) is 5.82 Å². The quantitative estimate of drug-likeness (QED) is 0.858. The number of ether oxygens (including phenoxy) is 1. The lowest BCUT2D eigenvalue weighted by Gasteiger charge is -2.10. The Morgan fingerprint density at radius 1 is 1.47 bits per heavy atom. The molecule has 2 N–H and O–H groups in total. The first-order valence-corrected chi connectivity index (χ1v) is 5.57. The smallest absolute Gasteiger partial charge is 0.172 e. The summed E-state index contributed by atoms with van der Waals surface area (Å²) in [4.78, 5) is 0. The van der Waals surface area contributed by atoms with Crippen molar-refractivity contribution in [2.45, 2.75) is 6.42 Å². The lowest BCUT2D eigenvalue weighted by Crippen LogP contribution is -2.00. The van der Waals surface area contributed by atoms with Crippen LogP contribution in [0, 0.1) is 0 Å². The first-order valence-electron chi connectivity index (χ1n) is 5.20. The summed E-state index contributed by atoms with van der Waals surface area (Å²) >= 11 is 5.97. The zero-order valence-corrected chi connectivity index (χ0v) is 10.2. The third-order valence-electron chi connectivity index (χ3n) is 2.32. The number of hydrogen-bond acceptors (Lipinski definition) is 4. The average molecular weight is 253 g/mol.